The maximum atomic E-state index is 11.4. The fraction of sp³-hybridized carbons (Fsp3) is 0.850. The standard InChI is InChI=1S/C20H34O5/c1-14(2)9-10-17(24-16(4)21)15(3)7-6-8-18-19-11-12-20(22-5,25-19)13-23-18/h15,17-19H,1,6-13H2,2-5H3/t15?,17?,18?,19-,20?/m0/s1. The molecule has 25 heavy (non-hydrogen) atoms. The van der Waals surface area contributed by atoms with Crippen molar-refractivity contribution in [1.82, 2.24) is 0 Å². The lowest BCUT2D eigenvalue weighted by Crippen LogP contribution is -2.46. The van der Waals surface area contributed by atoms with Gasteiger partial charge in [-0.2, -0.15) is 0 Å². The van der Waals surface area contributed by atoms with E-state index in [-0.39, 0.29) is 24.3 Å². The summed E-state index contributed by atoms with van der Waals surface area (Å²) in [6.07, 6.45) is 6.94. The molecule has 5 heteroatoms. The summed E-state index contributed by atoms with van der Waals surface area (Å²) >= 11 is 0. The highest BCUT2D eigenvalue weighted by molar-refractivity contribution is 5.66. The van der Waals surface area contributed by atoms with Crippen molar-refractivity contribution < 1.29 is 23.7 Å². The summed E-state index contributed by atoms with van der Waals surface area (Å²) in [5.74, 6) is -0.379. The van der Waals surface area contributed by atoms with Crippen molar-refractivity contribution in [2.24, 2.45) is 5.92 Å². The van der Waals surface area contributed by atoms with Crippen LogP contribution in [0.15, 0.2) is 12.2 Å². The zero-order valence-electron chi connectivity index (χ0n) is 16.2. The average Bonchev–Trinajstić information content (AvgIpc) is 2.91. The quantitative estimate of drug-likeness (QED) is 0.438. The predicted molar refractivity (Wildman–Crippen MR) is 96.2 cm³/mol. The van der Waals surface area contributed by atoms with Crippen LogP contribution >= 0.6 is 0 Å². The summed E-state index contributed by atoms with van der Waals surface area (Å²) in [6.45, 7) is 10.1. The van der Waals surface area contributed by atoms with Crippen molar-refractivity contribution in [3.05, 3.63) is 12.2 Å². The molecule has 0 amide bonds. The highest BCUT2D eigenvalue weighted by Gasteiger charge is 2.48. The topological polar surface area (TPSA) is 54.0 Å². The molecule has 2 aliphatic heterocycles. The van der Waals surface area contributed by atoms with E-state index in [1.807, 2.05) is 6.92 Å². The van der Waals surface area contributed by atoms with Crippen molar-refractivity contribution in [3.63, 3.8) is 0 Å². The van der Waals surface area contributed by atoms with Gasteiger partial charge in [-0.05, 0) is 44.9 Å². The van der Waals surface area contributed by atoms with E-state index in [1.54, 1.807) is 7.11 Å². The molecule has 5 atom stereocenters. The third kappa shape index (κ3) is 5.80. The Morgan fingerprint density at radius 3 is 2.76 bits per heavy atom. The van der Waals surface area contributed by atoms with E-state index >= 15 is 0 Å². The minimum absolute atomic E-state index is 0.0367. The van der Waals surface area contributed by atoms with E-state index in [9.17, 15) is 4.79 Å². The zero-order chi connectivity index (χ0) is 18.4. The lowest BCUT2D eigenvalue weighted by Gasteiger charge is -2.36. The van der Waals surface area contributed by atoms with Crippen molar-refractivity contribution in [3.8, 4) is 0 Å². The summed E-state index contributed by atoms with van der Waals surface area (Å²) in [4.78, 5) is 11.4. The van der Waals surface area contributed by atoms with Gasteiger partial charge in [0.15, 0.2) is 5.79 Å². The van der Waals surface area contributed by atoms with Crippen LogP contribution in [0.5, 0.6) is 0 Å². The molecular weight excluding hydrogens is 320 g/mol. The third-order valence-corrected chi connectivity index (χ3v) is 5.44. The Morgan fingerprint density at radius 2 is 2.12 bits per heavy atom. The van der Waals surface area contributed by atoms with Crippen molar-refractivity contribution in [2.75, 3.05) is 13.7 Å². The van der Waals surface area contributed by atoms with Gasteiger partial charge in [-0.1, -0.05) is 18.9 Å². The third-order valence-electron chi connectivity index (χ3n) is 5.44. The lowest BCUT2D eigenvalue weighted by atomic mass is 9.92. The number of fused-ring (bicyclic) bond motifs is 2. The number of carbonyl (C=O) groups excluding carboxylic acids is 1. The van der Waals surface area contributed by atoms with Gasteiger partial charge in [-0.3, -0.25) is 4.79 Å². The number of hydrogen-bond donors (Lipinski definition) is 0. The minimum atomic E-state index is -0.503. The van der Waals surface area contributed by atoms with Crippen LogP contribution in [0.2, 0.25) is 0 Å². The summed E-state index contributed by atoms with van der Waals surface area (Å²) in [6, 6.07) is 0. The SMILES string of the molecule is C=C(C)CCC(OC(C)=O)C(C)CCCC1OCC2(OC)CC[C@@H]1O2. The predicted octanol–water partition coefficient (Wildman–Crippen LogP) is 4.00. The van der Waals surface area contributed by atoms with Gasteiger partial charge in [-0.15, -0.1) is 6.58 Å². The van der Waals surface area contributed by atoms with E-state index in [0.717, 1.165) is 50.5 Å². The van der Waals surface area contributed by atoms with Crippen LogP contribution in [0.25, 0.3) is 0 Å². The van der Waals surface area contributed by atoms with Crippen LogP contribution in [0.4, 0.5) is 0 Å². The molecule has 2 bridgehead atoms. The minimum Gasteiger partial charge on any atom is -0.462 e. The molecule has 0 aromatic carbocycles. The van der Waals surface area contributed by atoms with Gasteiger partial charge in [0.2, 0.25) is 0 Å². The summed E-state index contributed by atoms with van der Waals surface area (Å²) in [5.41, 5.74) is 1.12. The van der Waals surface area contributed by atoms with Crippen molar-refractivity contribution in [2.45, 2.75) is 89.8 Å². The van der Waals surface area contributed by atoms with Crippen molar-refractivity contribution in [1.29, 1.82) is 0 Å². The molecule has 0 N–H and O–H groups in total. The van der Waals surface area contributed by atoms with Crippen LogP contribution in [0.1, 0.15) is 65.7 Å². The van der Waals surface area contributed by atoms with E-state index < -0.39 is 5.79 Å². The molecule has 0 spiro atoms. The Balaban J connectivity index is 1.75. The average molecular weight is 354 g/mol. The molecule has 0 saturated carbocycles. The number of methoxy groups -OCH3 is 1. The van der Waals surface area contributed by atoms with E-state index in [1.165, 1.54) is 6.92 Å². The van der Waals surface area contributed by atoms with Crippen LogP contribution < -0.4 is 0 Å². The first-order chi connectivity index (χ1) is 11.8. The number of esters is 1. The highest BCUT2D eigenvalue weighted by Crippen LogP contribution is 2.39. The Labute approximate surface area is 152 Å². The number of hydrogen-bond acceptors (Lipinski definition) is 5. The van der Waals surface area contributed by atoms with Gasteiger partial charge in [0.05, 0.1) is 12.2 Å². The molecule has 144 valence electrons. The molecule has 0 aliphatic carbocycles. The number of carbonyl (C=O) groups is 1. The summed E-state index contributed by atoms with van der Waals surface area (Å²) in [5, 5.41) is 0. The lowest BCUT2D eigenvalue weighted by molar-refractivity contribution is -0.295. The van der Waals surface area contributed by atoms with Crippen LogP contribution in [0, 0.1) is 5.92 Å². The molecule has 2 aliphatic rings. The first kappa shape index (κ1) is 20.4. The van der Waals surface area contributed by atoms with Gasteiger partial charge in [-0.25, -0.2) is 0 Å². The van der Waals surface area contributed by atoms with Gasteiger partial charge in [0.25, 0.3) is 0 Å². The molecule has 0 radical (unpaired) electrons. The first-order valence-corrected chi connectivity index (χ1v) is 9.51. The monoisotopic (exact) mass is 354 g/mol. The second kappa shape index (κ2) is 9.15. The van der Waals surface area contributed by atoms with E-state index in [4.69, 9.17) is 18.9 Å². The van der Waals surface area contributed by atoms with Crippen molar-refractivity contribution >= 4 is 5.97 Å². The van der Waals surface area contributed by atoms with Gasteiger partial charge < -0.3 is 18.9 Å². The van der Waals surface area contributed by atoms with Gasteiger partial charge in [0, 0.05) is 20.5 Å². The molecule has 0 aromatic heterocycles. The Kier molecular flexibility index (Phi) is 7.47. The molecule has 2 heterocycles. The number of rotatable bonds is 10. The van der Waals surface area contributed by atoms with Gasteiger partial charge >= 0.3 is 5.97 Å². The second-order valence-electron chi connectivity index (χ2n) is 7.71. The highest BCUT2D eigenvalue weighted by atomic mass is 16.7. The maximum Gasteiger partial charge on any atom is 0.302 e. The van der Waals surface area contributed by atoms with Crippen LogP contribution in [-0.4, -0.2) is 43.8 Å². The molecule has 2 fully saturated rings. The molecule has 2 saturated heterocycles. The number of ether oxygens (including phenoxy) is 4. The molecule has 4 unspecified atom stereocenters. The van der Waals surface area contributed by atoms with Gasteiger partial charge in [0.1, 0.15) is 12.7 Å². The smallest absolute Gasteiger partial charge is 0.302 e. The molecule has 0 aromatic rings. The van der Waals surface area contributed by atoms with Crippen LogP contribution in [-0.2, 0) is 23.7 Å². The summed E-state index contributed by atoms with van der Waals surface area (Å²) < 4.78 is 23.0. The van der Waals surface area contributed by atoms with Crippen LogP contribution in [0.3, 0.4) is 0 Å². The Morgan fingerprint density at radius 1 is 1.36 bits per heavy atom. The fourth-order valence-corrected chi connectivity index (χ4v) is 3.83. The normalized spacial score (nSPS) is 30.7. The summed E-state index contributed by atoms with van der Waals surface area (Å²) in [7, 11) is 1.69. The zero-order valence-corrected chi connectivity index (χ0v) is 16.2. The second-order valence-corrected chi connectivity index (χ2v) is 7.71. The molecule has 5 nitrogen and oxygen atoms in total. The van der Waals surface area contributed by atoms with E-state index in [2.05, 4.69) is 13.5 Å². The molecule has 2 rings (SSSR count). The maximum absolute atomic E-state index is 11.4. The molecular formula is C20H34O5. The van der Waals surface area contributed by atoms with E-state index in [0.29, 0.717) is 12.5 Å². The largest absolute Gasteiger partial charge is 0.462 e. The Bertz CT molecular complexity index is 463. The Hall–Kier alpha value is -0.910. The fourth-order valence-electron chi connectivity index (χ4n) is 3.83. The number of allylic oxidation sites excluding steroid dienone is 1. The first-order valence-electron chi connectivity index (χ1n) is 9.51.